The molecular weight excluding hydrogens is 963 g/mol. The number of H-pyrrole nitrogens is 3. The molecule has 22 heteroatoms. The molecule has 3 aromatic heterocycles. The molecule has 0 bridgehead atoms. The molecule has 0 unspecified atom stereocenters. The van der Waals surface area contributed by atoms with Gasteiger partial charge in [-0.1, -0.05) is 76.2 Å². The van der Waals surface area contributed by atoms with Crippen LogP contribution in [0.15, 0.2) is 85.8 Å². The number of para-hydroxylation sites is 1. The molecule has 12 N–H and O–H groups in total. The maximum Gasteiger partial charge on any atom is 0.246 e. The molecular formula is C53H71N13O9. The fourth-order valence-corrected chi connectivity index (χ4v) is 9.40. The highest BCUT2D eigenvalue weighted by atomic mass is 16.3. The standard InChI is InChI=1S/C53H71N13O9/c1-30(2)18-39(46(68)24-47(69)61-41(19-31(3)4)49(71)63-40(48(54)70)20-33-12-7-6-8-13-33)62-51(73)43(22-35-26-55-28-58-35)64-50(72)42(21-34-25-57-38-15-10-9-14-37(34)38)65-52(74)45-16-11-17-66(45)53(75)44(60-32(5)67)23-36-27-56-29-59-36/h6-10,12-15,25-31,39-46,57,68H,11,16-24H2,1-5H3,(H2,54,70)(H,55,58)(H,56,59)(H,60,67)(H,61,69)(H,62,73)(H,63,71)(H,64,72)(H,65,74)/t39-,40-,41-,42-,43-,44-,45+,46-/m0/s1. The van der Waals surface area contributed by atoms with Gasteiger partial charge in [-0.05, 0) is 54.7 Å². The monoisotopic (exact) mass is 1030 g/mol. The van der Waals surface area contributed by atoms with E-state index in [1.165, 1.54) is 30.7 Å². The van der Waals surface area contributed by atoms with Crippen molar-refractivity contribution in [2.45, 2.75) is 141 Å². The summed E-state index contributed by atoms with van der Waals surface area (Å²) in [7, 11) is 0. The van der Waals surface area contributed by atoms with E-state index in [-0.39, 0.29) is 63.3 Å². The molecule has 1 saturated heterocycles. The van der Waals surface area contributed by atoms with Crippen molar-refractivity contribution in [2.24, 2.45) is 17.6 Å². The van der Waals surface area contributed by atoms with Gasteiger partial charge in [0.15, 0.2) is 0 Å². The quantitative estimate of drug-likeness (QED) is 0.0354. The first-order chi connectivity index (χ1) is 35.8. The number of carbonyl (C=O) groups excluding carboxylic acids is 8. The van der Waals surface area contributed by atoms with Crippen LogP contribution in [0.3, 0.4) is 0 Å². The Balaban J connectivity index is 1.19. The summed E-state index contributed by atoms with van der Waals surface area (Å²) in [6.07, 6.45) is 6.97. The molecule has 8 amide bonds. The minimum absolute atomic E-state index is 0.0230. The molecule has 22 nitrogen and oxygen atoms in total. The molecule has 8 atom stereocenters. The fraction of sp³-hybridized carbons (Fsp3) is 0.472. The van der Waals surface area contributed by atoms with Gasteiger partial charge in [0, 0.05) is 80.0 Å². The number of rotatable bonds is 27. The Bertz CT molecular complexity index is 2710. The van der Waals surface area contributed by atoms with Crippen LogP contribution in [0, 0.1) is 11.8 Å². The van der Waals surface area contributed by atoms with E-state index in [2.05, 4.69) is 56.8 Å². The number of carbonyl (C=O) groups is 8. The number of fused-ring (bicyclic) bond motifs is 1. The summed E-state index contributed by atoms with van der Waals surface area (Å²) in [4.78, 5) is 128. The minimum atomic E-state index is -1.46. The SMILES string of the molecule is CC(=O)N[C@@H](Cc1cnc[nH]1)C(=O)N1CCC[C@@H]1C(=O)N[C@@H](Cc1c[nH]c2ccccc12)C(=O)N[C@@H](Cc1cnc[nH]1)C(=O)N[C@@H](CC(C)C)[C@@H](O)CC(=O)N[C@@H](CC(C)C)C(=O)N[C@@H](Cc1ccccc1)C(N)=O. The number of likely N-dealkylation sites (tertiary alicyclic amines) is 1. The first kappa shape index (κ1) is 56.4. The molecule has 5 aromatic rings. The first-order valence-electron chi connectivity index (χ1n) is 25.4. The second-order valence-electron chi connectivity index (χ2n) is 20.1. The maximum absolute atomic E-state index is 14.8. The molecule has 0 saturated carbocycles. The van der Waals surface area contributed by atoms with Gasteiger partial charge in [-0.3, -0.25) is 38.4 Å². The number of aromatic nitrogens is 5. The third-order valence-electron chi connectivity index (χ3n) is 13.1. The third-order valence-corrected chi connectivity index (χ3v) is 13.1. The Morgan fingerprint density at radius 1 is 0.680 bits per heavy atom. The Kier molecular flexibility index (Phi) is 20.2. The molecule has 402 valence electrons. The zero-order chi connectivity index (χ0) is 54.2. The highest BCUT2D eigenvalue weighted by molar-refractivity contribution is 5.97. The number of nitrogens with zero attached hydrogens (tertiary/aromatic N) is 3. The summed E-state index contributed by atoms with van der Waals surface area (Å²) >= 11 is 0. The van der Waals surface area contributed by atoms with Crippen LogP contribution in [-0.2, 0) is 64.0 Å². The summed E-state index contributed by atoms with van der Waals surface area (Å²) in [5, 5.41) is 29.2. The molecule has 2 aromatic carbocycles. The van der Waals surface area contributed by atoms with Crippen LogP contribution in [0.5, 0.6) is 0 Å². The number of hydrogen-bond acceptors (Lipinski definition) is 11. The second kappa shape index (κ2) is 26.9. The summed E-state index contributed by atoms with van der Waals surface area (Å²) < 4.78 is 0. The van der Waals surface area contributed by atoms with E-state index in [1.807, 2.05) is 58.0 Å². The molecule has 6 rings (SSSR count). The van der Waals surface area contributed by atoms with E-state index in [1.54, 1.807) is 36.7 Å². The number of nitrogens with one attached hydrogen (secondary N) is 9. The number of hydrogen-bond donors (Lipinski definition) is 11. The van der Waals surface area contributed by atoms with Crippen molar-refractivity contribution in [3.8, 4) is 0 Å². The van der Waals surface area contributed by atoms with Gasteiger partial charge >= 0.3 is 0 Å². The second-order valence-corrected chi connectivity index (χ2v) is 20.1. The molecule has 0 spiro atoms. The Hall–Kier alpha value is -7.88. The number of benzene rings is 2. The summed E-state index contributed by atoms with van der Waals surface area (Å²) in [6, 6.07) is 8.72. The summed E-state index contributed by atoms with van der Waals surface area (Å²) in [5.41, 5.74) is 9.01. The fourth-order valence-electron chi connectivity index (χ4n) is 9.40. The third kappa shape index (κ3) is 16.6. The van der Waals surface area contributed by atoms with Crippen LogP contribution in [0.1, 0.15) is 89.2 Å². The smallest absolute Gasteiger partial charge is 0.246 e. The summed E-state index contributed by atoms with van der Waals surface area (Å²) in [5.74, 6) is -5.17. The molecule has 4 heterocycles. The van der Waals surface area contributed by atoms with Gasteiger partial charge in [0.2, 0.25) is 47.3 Å². The Labute approximate surface area is 435 Å². The number of amides is 8. The average molecular weight is 1030 g/mol. The van der Waals surface area contributed by atoms with Gasteiger partial charge in [-0.2, -0.15) is 0 Å². The van der Waals surface area contributed by atoms with E-state index < -0.39 is 102 Å². The van der Waals surface area contributed by atoms with E-state index in [4.69, 9.17) is 5.73 Å². The van der Waals surface area contributed by atoms with Gasteiger partial charge in [-0.25, -0.2) is 9.97 Å². The average Bonchev–Trinajstić information content (AvgIpc) is 4.22. The van der Waals surface area contributed by atoms with Gasteiger partial charge < -0.3 is 62.6 Å². The largest absolute Gasteiger partial charge is 0.390 e. The van der Waals surface area contributed by atoms with Gasteiger partial charge in [0.25, 0.3) is 0 Å². The lowest BCUT2D eigenvalue weighted by Crippen LogP contribution is -2.59. The van der Waals surface area contributed by atoms with Crippen molar-refractivity contribution in [2.75, 3.05) is 6.54 Å². The van der Waals surface area contributed by atoms with E-state index in [0.717, 1.165) is 16.5 Å². The maximum atomic E-state index is 14.8. The number of aliphatic hydroxyl groups excluding tert-OH is 1. The van der Waals surface area contributed by atoms with E-state index >= 15 is 0 Å². The predicted octanol–water partition coefficient (Wildman–Crippen LogP) is 1.13. The van der Waals surface area contributed by atoms with Gasteiger partial charge in [0.05, 0.1) is 31.2 Å². The van der Waals surface area contributed by atoms with Crippen molar-refractivity contribution in [3.05, 3.63) is 108 Å². The van der Waals surface area contributed by atoms with E-state index in [9.17, 15) is 43.5 Å². The Morgan fingerprint density at radius 2 is 1.28 bits per heavy atom. The van der Waals surface area contributed by atoms with Crippen molar-refractivity contribution in [1.82, 2.24) is 61.7 Å². The van der Waals surface area contributed by atoms with Gasteiger partial charge in [-0.15, -0.1) is 0 Å². The van der Waals surface area contributed by atoms with Crippen molar-refractivity contribution < 1.29 is 43.5 Å². The van der Waals surface area contributed by atoms with E-state index in [0.29, 0.717) is 23.4 Å². The molecule has 1 fully saturated rings. The topological polar surface area (TPSA) is 331 Å². The van der Waals surface area contributed by atoms with Crippen LogP contribution in [-0.4, -0.2) is 137 Å². The molecule has 0 radical (unpaired) electrons. The number of imidazole rings is 2. The zero-order valence-corrected chi connectivity index (χ0v) is 43.1. The Morgan fingerprint density at radius 3 is 1.91 bits per heavy atom. The number of primary amides is 1. The van der Waals surface area contributed by atoms with Gasteiger partial charge in [0.1, 0.15) is 36.3 Å². The number of nitrogens with two attached hydrogens (primary N) is 1. The summed E-state index contributed by atoms with van der Waals surface area (Å²) in [6.45, 7) is 9.01. The van der Waals surface area contributed by atoms with Crippen molar-refractivity contribution in [1.29, 1.82) is 0 Å². The lowest BCUT2D eigenvalue weighted by atomic mass is 9.95. The molecule has 0 aliphatic carbocycles. The highest BCUT2D eigenvalue weighted by Crippen LogP contribution is 2.23. The van der Waals surface area contributed by atoms with Crippen LogP contribution in [0.4, 0.5) is 0 Å². The zero-order valence-electron chi connectivity index (χ0n) is 43.1. The van der Waals surface area contributed by atoms with Crippen LogP contribution < -0.4 is 37.6 Å². The van der Waals surface area contributed by atoms with Crippen LogP contribution in [0.2, 0.25) is 0 Å². The minimum Gasteiger partial charge on any atom is -0.390 e. The van der Waals surface area contributed by atoms with Crippen molar-refractivity contribution >= 4 is 58.2 Å². The lowest BCUT2D eigenvalue weighted by molar-refractivity contribution is -0.142. The van der Waals surface area contributed by atoms with Crippen molar-refractivity contribution in [3.63, 3.8) is 0 Å². The molecule has 1 aliphatic rings. The van der Waals surface area contributed by atoms with Crippen LogP contribution in [0.25, 0.3) is 10.9 Å². The lowest BCUT2D eigenvalue weighted by Gasteiger charge is -2.30. The van der Waals surface area contributed by atoms with Crippen LogP contribution >= 0.6 is 0 Å². The normalized spacial score (nSPS) is 16.3. The number of aromatic amines is 3. The predicted molar refractivity (Wildman–Crippen MR) is 277 cm³/mol. The highest BCUT2D eigenvalue weighted by Gasteiger charge is 2.40. The molecule has 75 heavy (non-hydrogen) atoms. The first-order valence-corrected chi connectivity index (χ1v) is 25.4. The molecule has 1 aliphatic heterocycles. The number of aliphatic hydroxyl groups is 1.